The van der Waals surface area contributed by atoms with Crippen molar-refractivity contribution in [3.05, 3.63) is 30.3 Å². The standard InChI is InChI=1S/C9H12N2O5S/c12-6-7-16-9(13)10-11-17(14,15)8-4-2-1-3-5-8/h1-5,11-12H,6-7H2,(H,10,13). The zero-order valence-corrected chi connectivity index (χ0v) is 9.61. The fourth-order valence-corrected chi connectivity index (χ4v) is 1.79. The van der Waals surface area contributed by atoms with Gasteiger partial charge in [-0.15, -0.1) is 4.83 Å². The van der Waals surface area contributed by atoms with Crippen LogP contribution in [0.25, 0.3) is 0 Å². The maximum atomic E-state index is 11.6. The topological polar surface area (TPSA) is 105 Å². The molecule has 7 nitrogen and oxygen atoms in total. The van der Waals surface area contributed by atoms with Gasteiger partial charge in [-0.25, -0.2) is 18.6 Å². The van der Waals surface area contributed by atoms with E-state index in [1.54, 1.807) is 18.2 Å². The Morgan fingerprint density at radius 2 is 1.94 bits per heavy atom. The number of carbonyl (C=O) groups is 1. The third-order valence-corrected chi connectivity index (χ3v) is 2.93. The van der Waals surface area contributed by atoms with Gasteiger partial charge in [0.05, 0.1) is 11.5 Å². The Kier molecular flexibility index (Phi) is 4.88. The van der Waals surface area contributed by atoms with E-state index in [2.05, 4.69) is 4.74 Å². The fraction of sp³-hybridized carbons (Fsp3) is 0.222. The Morgan fingerprint density at radius 3 is 2.53 bits per heavy atom. The van der Waals surface area contributed by atoms with Gasteiger partial charge in [0.1, 0.15) is 6.61 Å². The maximum absolute atomic E-state index is 11.6. The fourth-order valence-electron chi connectivity index (χ4n) is 0.942. The van der Waals surface area contributed by atoms with Crippen LogP contribution in [0.1, 0.15) is 0 Å². The highest BCUT2D eigenvalue weighted by Gasteiger charge is 2.14. The van der Waals surface area contributed by atoms with E-state index in [1.165, 1.54) is 12.1 Å². The molecule has 1 amide bonds. The molecule has 0 aliphatic rings. The molecule has 8 heteroatoms. The molecule has 1 aromatic carbocycles. The highest BCUT2D eigenvalue weighted by atomic mass is 32.2. The number of rotatable bonds is 5. The second-order valence-electron chi connectivity index (χ2n) is 2.90. The van der Waals surface area contributed by atoms with Crippen molar-refractivity contribution in [1.29, 1.82) is 0 Å². The molecule has 94 valence electrons. The first-order chi connectivity index (χ1) is 8.06. The molecule has 0 aromatic heterocycles. The molecule has 0 heterocycles. The minimum Gasteiger partial charge on any atom is -0.446 e. The van der Waals surface area contributed by atoms with E-state index in [4.69, 9.17) is 5.11 Å². The van der Waals surface area contributed by atoms with E-state index in [1.807, 2.05) is 10.3 Å². The lowest BCUT2D eigenvalue weighted by Crippen LogP contribution is -2.42. The van der Waals surface area contributed by atoms with E-state index >= 15 is 0 Å². The summed E-state index contributed by atoms with van der Waals surface area (Å²) >= 11 is 0. The van der Waals surface area contributed by atoms with Gasteiger partial charge in [0.15, 0.2) is 0 Å². The van der Waals surface area contributed by atoms with Crippen molar-refractivity contribution in [3.8, 4) is 0 Å². The van der Waals surface area contributed by atoms with Crippen molar-refractivity contribution >= 4 is 16.1 Å². The molecule has 0 unspecified atom stereocenters. The van der Waals surface area contributed by atoms with Crippen LogP contribution in [0.4, 0.5) is 4.79 Å². The van der Waals surface area contributed by atoms with Crippen molar-refractivity contribution in [2.24, 2.45) is 0 Å². The Morgan fingerprint density at radius 1 is 1.29 bits per heavy atom. The van der Waals surface area contributed by atoms with Crippen LogP contribution in [-0.4, -0.2) is 32.8 Å². The molecule has 0 atom stereocenters. The summed E-state index contributed by atoms with van der Waals surface area (Å²) in [6.45, 7) is -0.544. The number of nitrogens with one attached hydrogen (secondary N) is 2. The number of carbonyl (C=O) groups excluding carboxylic acids is 1. The van der Waals surface area contributed by atoms with Crippen LogP contribution < -0.4 is 10.3 Å². The summed E-state index contributed by atoms with van der Waals surface area (Å²) in [5, 5.41) is 8.38. The van der Waals surface area contributed by atoms with Gasteiger partial charge >= 0.3 is 6.09 Å². The second-order valence-corrected chi connectivity index (χ2v) is 4.59. The zero-order valence-electron chi connectivity index (χ0n) is 8.79. The van der Waals surface area contributed by atoms with Gasteiger partial charge in [-0.05, 0) is 12.1 Å². The van der Waals surface area contributed by atoms with Crippen LogP contribution in [-0.2, 0) is 14.8 Å². The average molecular weight is 260 g/mol. The van der Waals surface area contributed by atoms with Crippen molar-refractivity contribution in [3.63, 3.8) is 0 Å². The number of hydrogen-bond donors (Lipinski definition) is 3. The van der Waals surface area contributed by atoms with Crippen LogP contribution in [0.5, 0.6) is 0 Å². The molecular formula is C9H12N2O5S. The molecule has 0 spiro atoms. The molecule has 0 aliphatic heterocycles. The predicted octanol–water partition coefficient (Wildman–Crippen LogP) is -0.402. The quantitative estimate of drug-likeness (QED) is 0.625. The van der Waals surface area contributed by atoms with Gasteiger partial charge in [0.2, 0.25) is 0 Å². The van der Waals surface area contributed by atoms with Gasteiger partial charge in [-0.2, -0.15) is 0 Å². The number of hydrogen-bond acceptors (Lipinski definition) is 5. The molecule has 0 bridgehead atoms. The van der Waals surface area contributed by atoms with Gasteiger partial charge in [-0.1, -0.05) is 18.2 Å². The van der Waals surface area contributed by atoms with E-state index < -0.39 is 16.1 Å². The van der Waals surface area contributed by atoms with E-state index in [0.29, 0.717) is 0 Å². The molecule has 0 radical (unpaired) electrons. The van der Waals surface area contributed by atoms with Crippen LogP contribution in [0.15, 0.2) is 35.2 Å². The minimum absolute atomic E-state index is 0.0162. The van der Waals surface area contributed by atoms with Crippen molar-refractivity contribution in [2.75, 3.05) is 13.2 Å². The summed E-state index contributed by atoms with van der Waals surface area (Å²) in [7, 11) is -3.80. The number of hydrazine groups is 1. The first-order valence-electron chi connectivity index (χ1n) is 4.67. The predicted molar refractivity (Wildman–Crippen MR) is 58.3 cm³/mol. The molecule has 17 heavy (non-hydrogen) atoms. The highest BCUT2D eigenvalue weighted by molar-refractivity contribution is 7.89. The van der Waals surface area contributed by atoms with E-state index in [0.717, 1.165) is 0 Å². The van der Waals surface area contributed by atoms with Gasteiger partial charge in [0, 0.05) is 0 Å². The monoisotopic (exact) mass is 260 g/mol. The minimum atomic E-state index is -3.80. The molecule has 1 rings (SSSR count). The Bertz CT molecular complexity index is 460. The Hall–Kier alpha value is -1.64. The van der Waals surface area contributed by atoms with Crippen molar-refractivity contribution in [2.45, 2.75) is 4.90 Å². The lowest BCUT2D eigenvalue weighted by atomic mass is 10.4. The second kappa shape index (κ2) is 6.18. The summed E-state index contributed by atoms with van der Waals surface area (Å²) in [5.74, 6) is 0. The van der Waals surface area contributed by atoms with Gasteiger partial charge < -0.3 is 9.84 Å². The van der Waals surface area contributed by atoms with E-state index in [9.17, 15) is 13.2 Å². The van der Waals surface area contributed by atoms with Gasteiger partial charge in [0.25, 0.3) is 10.0 Å². The molecule has 0 aliphatic carbocycles. The summed E-state index contributed by atoms with van der Waals surface area (Å²) in [5.41, 5.74) is 1.85. The molecule has 3 N–H and O–H groups in total. The smallest absolute Gasteiger partial charge is 0.422 e. The zero-order chi connectivity index (χ0) is 12.7. The number of amides is 1. The number of benzene rings is 1. The summed E-state index contributed by atoms with van der Waals surface area (Å²) < 4.78 is 27.6. The normalized spacial score (nSPS) is 10.9. The van der Waals surface area contributed by atoms with Crippen LogP contribution in [0, 0.1) is 0 Å². The lowest BCUT2D eigenvalue weighted by molar-refractivity contribution is 0.118. The van der Waals surface area contributed by atoms with Crippen LogP contribution in [0.3, 0.4) is 0 Å². The molecule has 0 saturated carbocycles. The third-order valence-electron chi connectivity index (χ3n) is 1.67. The number of ether oxygens (including phenoxy) is 1. The first-order valence-corrected chi connectivity index (χ1v) is 6.15. The first kappa shape index (κ1) is 13.4. The third kappa shape index (κ3) is 4.39. The Balaban J connectivity index is 2.54. The van der Waals surface area contributed by atoms with Crippen LogP contribution in [0.2, 0.25) is 0 Å². The molecule has 0 saturated heterocycles. The summed E-state index contributed by atoms with van der Waals surface area (Å²) in [6.07, 6.45) is -0.987. The van der Waals surface area contributed by atoms with Crippen LogP contribution >= 0.6 is 0 Å². The highest BCUT2D eigenvalue weighted by Crippen LogP contribution is 2.05. The molecule has 0 fully saturated rings. The van der Waals surface area contributed by atoms with Gasteiger partial charge in [-0.3, -0.25) is 0 Å². The molecule has 1 aromatic rings. The summed E-state index contributed by atoms with van der Waals surface area (Å²) in [6, 6.07) is 7.53. The number of aliphatic hydroxyl groups excluding tert-OH is 1. The van der Waals surface area contributed by atoms with E-state index in [-0.39, 0.29) is 18.1 Å². The lowest BCUT2D eigenvalue weighted by Gasteiger charge is -2.08. The average Bonchev–Trinajstić information content (AvgIpc) is 2.35. The maximum Gasteiger partial charge on any atom is 0.422 e. The number of aliphatic hydroxyl groups is 1. The Labute approximate surface area is 98.4 Å². The summed E-state index contributed by atoms with van der Waals surface area (Å²) in [4.78, 5) is 12.8. The molecular weight excluding hydrogens is 248 g/mol. The SMILES string of the molecule is O=C(NNS(=O)(=O)c1ccccc1)OCCO. The van der Waals surface area contributed by atoms with Crippen molar-refractivity contribution in [1.82, 2.24) is 10.3 Å². The van der Waals surface area contributed by atoms with Crippen molar-refractivity contribution < 1.29 is 23.1 Å². The largest absolute Gasteiger partial charge is 0.446 e. The number of sulfonamides is 1.